The lowest BCUT2D eigenvalue weighted by molar-refractivity contribution is -0.153. The molecule has 9 heteroatoms. The fraction of sp³-hybridized carbons (Fsp3) is 0.667. The summed E-state index contributed by atoms with van der Waals surface area (Å²) in [5, 5.41) is 3.13. The molecule has 0 saturated carbocycles. The lowest BCUT2D eigenvalue weighted by Gasteiger charge is -2.41. The van der Waals surface area contributed by atoms with E-state index in [1.165, 1.54) is 0 Å². The summed E-state index contributed by atoms with van der Waals surface area (Å²) in [6.45, 7) is 17.4. The Labute approximate surface area is 270 Å². The third-order valence-electron chi connectivity index (χ3n) is 9.16. The zero-order chi connectivity index (χ0) is 33.5. The average molecular weight is 625 g/mol. The Morgan fingerprint density at radius 2 is 1.62 bits per heavy atom. The van der Waals surface area contributed by atoms with Crippen LogP contribution in [0.5, 0.6) is 0 Å². The number of ether oxygens (including phenoxy) is 1. The third-order valence-corrected chi connectivity index (χ3v) is 9.16. The molecule has 0 bridgehead atoms. The molecule has 9 nitrogen and oxygen atoms in total. The Bertz CT molecular complexity index is 1210. The first-order chi connectivity index (χ1) is 21.1. The smallest absolute Gasteiger partial charge is 0.329 e. The molecular formula is C36H56N4O5. The molecule has 0 radical (unpaired) electrons. The molecule has 2 heterocycles. The number of carbonyl (C=O) groups excluding carboxylic acids is 4. The van der Waals surface area contributed by atoms with E-state index in [-0.39, 0.29) is 42.3 Å². The third kappa shape index (κ3) is 9.41. The minimum absolute atomic E-state index is 0.00184. The van der Waals surface area contributed by atoms with Crippen molar-refractivity contribution in [2.24, 2.45) is 11.3 Å². The Morgan fingerprint density at radius 1 is 0.978 bits per heavy atom. The summed E-state index contributed by atoms with van der Waals surface area (Å²) in [5.41, 5.74) is 0.838. The van der Waals surface area contributed by atoms with Crippen molar-refractivity contribution in [1.29, 1.82) is 0 Å². The molecule has 3 rings (SSSR count). The molecule has 250 valence electrons. The van der Waals surface area contributed by atoms with Crippen molar-refractivity contribution in [1.82, 2.24) is 20.0 Å². The fourth-order valence-corrected chi connectivity index (χ4v) is 6.48. The van der Waals surface area contributed by atoms with Crippen molar-refractivity contribution in [2.75, 3.05) is 20.1 Å². The molecule has 4 atom stereocenters. The number of likely N-dealkylation sites (tertiary alicyclic amines) is 2. The van der Waals surface area contributed by atoms with Crippen LogP contribution < -0.4 is 5.32 Å². The summed E-state index contributed by atoms with van der Waals surface area (Å²) in [4.78, 5) is 59.9. The van der Waals surface area contributed by atoms with Gasteiger partial charge in [-0.05, 0) is 69.9 Å². The Morgan fingerprint density at radius 3 is 2.22 bits per heavy atom. The first-order valence-electron chi connectivity index (χ1n) is 16.7. The van der Waals surface area contributed by atoms with Crippen molar-refractivity contribution in [2.45, 2.75) is 124 Å². The van der Waals surface area contributed by atoms with Gasteiger partial charge in [0.05, 0.1) is 12.1 Å². The molecule has 0 aromatic heterocycles. The van der Waals surface area contributed by atoms with Crippen LogP contribution in [-0.4, -0.2) is 88.7 Å². The number of rotatable bonds is 11. The quantitative estimate of drug-likeness (QED) is 0.277. The van der Waals surface area contributed by atoms with E-state index < -0.39 is 29.5 Å². The summed E-state index contributed by atoms with van der Waals surface area (Å²) in [6.07, 6.45) is 5.95. The van der Waals surface area contributed by atoms with Gasteiger partial charge < -0.3 is 19.9 Å². The zero-order valence-corrected chi connectivity index (χ0v) is 29.0. The molecule has 0 aliphatic carbocycles. The van der Waals surface area contributed by atoms with Crippen molar-refractivity contribution in [3.05, 3.63) is 47.5 Å². The standard InChI is InChI=1S/C36H56N4O5/c1-24(2)30(22-26(5)33(42)40-21-15-19-29(40)35(44)45-23-27-16-11-10-12-17-27)38(9)34(43)31(36(6,7)8)37-32(41)28-18-13-14-20-39(28)25(3)4/h10-12,16-17,22,24-25,28-31H,13-15,18-21,23H2,1-9H3,(H,37,41)/b26-22+. The van der Waals surface area contributed by atoms with E-state index in [1.807, 2.05) is 71.0 Å². The highest BCUT2D eigenvalue weighted by Crippen LogP contribution is 2.27. The second kappa shape index (κ2) is 15.9. The Kier molecular flexibility index (Phi) is 12.8. The lowest BCUT2D eigenvalue weighted by Crippen LogP contribution is -2.60. The maximum atomic E-state index is 14.1. The molecule has 3 amide bonds. The summed E-state index contributed by atoms with van der Waals surface area (Å²) in [5.74, 6) is -0.929. The number of esters is 1. The van der Waals surface area contributed by atoms with E-state index in [9.17, 15) is 19.2 Å². The first kappa shape index (κ1) is 36.3. The molecule has 2 aliphatic rings. The highest BCUT2D eigenvalue weighted by atomic mass is 16.5. The van der Waals surface area contributed by atoms with Gasteiger partial charge in [0, 0.05) is 25.2 Å². The first-order valence-corrected chi connectivity index (χ1v) is 16.7. The number of nitrogens with one attached hydrogen (secondary N) is 1. The van der Waals surface area contributed by atoms with Gasteiger partial charge >= 0.3 is 5.97 Å². The van der Waals surface area contributed by atoms with Gasteiger partial charge in [0.2, 0.25) is 17.7 Å². The molecule has 1 aromatic rings. The second-order valence-electron chi connectivity index (χ2n) is 14.4. The van der Waals surface area contributed by atoms with Crippen LogP contribution in [0.2, 0.25) is 0 Å². The van der Waals surface area contributed by atoms with Gasteiger partial charge in [0.1, 0.15) is 18.7 Å². The second-order valence-corrected chi connectivity index (χ2v) is 14.4. The van der Waals surface area contributed by atoms with Crippen LogP contribution in [0, 0.1) is 11.3 Å². The van der Waals surface area contributed by atoms with E-state index in [0.717, 1.165) is 37.8 Å². The number of hydrogen-bond acceptors (Lipinski definition) is 6. The van der Waals surface area contributed by atoms with E-state index in [2.05, 4.69) is 24.1 Å². The Hall–Kier alpha value is -3.20. The largest absolute Gasteiger partial charge is 0.459 e. The van der Waals surface area contributed by atoms with Gasteiger partial charge in [-0.25, -0.2) is 4.79 Å². The van der Waals surface area contributed by atoms with E-state index in [0.29, 0.717) is 18.5 Å². The van der Waals surface area contributed by atoms with Crippen LogP contribution in [0.1, 0.15) is 93.1 Å². The van der Waals surface area contributed by atoms with Gasteiger partial charge in [-0.1, -0.05) is 77.4 Å². The van der Waals surface area contributed by atoms with Crippen molar-refractivity contribution < 1.29 is 23.9 Å². The molecule has 0 spiro atoms. The summed E-state index contributed by atoms with van der Waals surface area (Å²) in [7, 11) is 1.74. The van der Waals surface area contributed by atoms with Crippen LogP contribution in [-0.2, 0) is 30.5 Å². The van der Waals surface area contributed by atoms with Gasteiger partial charge in [-0.15, -0.1) is 0 Å². The monoisotopic (exact) mass is 624 g/mol. The zero-order valence-electron chi connectivity index (χ0n) is 29.0. The average Bonchev–Trinajstić information content (AvgIpc) is 3.50. The Balaban J connectivity index is 1.75. The highest BCUT2D eigenvalue weighted by Gasteiger charge is 2.40. The molecule has 1 N–H and O–H groups in total. The minimum Gasteiger partial charge on any atom is -0.459 e. The molecule has 45 heavy (non-hydrogen) atoms. The molecule has 1 aromatic carbocycles. The van der Waals surface area contributed by atoms with Crippen molar-refractivity contribution in [3.63, 3.8) is 0 Å². The number of hydrogen-bond donors (Lipinski definition) is 1. The molecule has 4 unspecified atom stereocenters. The lowest BCUT2D eigenvalue weighted by atomic mass is 9.84. The summed E-state index contributed by atoms with van der Waals surface area (Å²) >= 11 is 0. The topological polar surface area (TPSA) is 99.3 Å². The molecular weight excluding hydrogens is 568 g/mol. The van der Waals surface area contributed by atoms with Crippen molar-refractivity contribution >= 4 is 23.7 Å². The maximum Gasteiger partial charge on any atom is 0.329 e. The predicted molar refractivity (Wildman–Crippen MR) is 177 cm³/mol. The van der Waals surface area contributed by atoms with Crippen LogP contribution in [0.15, 0.2) is 42.0 Å². The van der Waals surface area contributed by atoms with Gasteiger partial charge in [0.15, 0.2) is 0 Å². The number of benzene rings is 1. The maximum absolute atomic E-state index is 14.1. The van der Waals surface area contributed by atoms with Crippen LogP contribution >= 0.6 is 0 Å². The van der Waals surface area contributed by atoms with Crippen LogP contribution in [0.4, 0.5) is 0 Å². The van der Waals surface area contributed by atoms with Crippen molar-refractivity contribution in [3.8, 4) is 0 Å². The summed E-state index contributed by atoms with van der Waals surface area (Å²) in [6, 6.07) is 7.71. The normalized spacial score (nSPS) is 21.0. The fourth-order valence-electron chi connectivity index (χ4n) is 6.48. The minimum atomic E-state index is -0.737. The van der Waals surface area contributed by atoms with E-state index in [1.54, 1.807) is 23.8 Å². The van der Waals surface area contributed by atoms with E-state index in [4.69, 9.17) is 4.74 Å². The molecule has 2 saturated heterocycles. The summed E-state index contributed by atoms with van der Waals surface area (Å²) < 4.78 is 5.57. The predicted octanol–water partition coefficient (Wildman–Crippen LogP) is 4.94. The number of piperidine rings is 1. The van der Waals surface area contributed by atoms with Crippen LogP contribution in [0.25, 0.3) is 0 Å². The number of likely N-dealkylation sites (N-methyl/N-ethyl adjacent to an activating group) is 1. The van der Waals surface area contributed by atoms with E-state index >= 15 is 0 Å². The van der Waals surface area contributed by atoms with Gasteiger partial charge in [0.25, 0.3) is 0 Å². The SMILES string of the molecule is C/C(=C\C(C(C)C)N(C)C(=O)C(NC(=O)C1CCCCN1C(C)C)C(C)(C)C)C(=O)N1CCCC1C(=O)OCc1ccccc1. The van der Waals surface area contributed by atoms with Gasteiger partial charge in [-0.3, -0.25) is 19.3 Å². The van der Waals surface area contributed by atoms with Gasteiger partial charge in [-0.2, -0.15) is 0 Å². The number of carbonyl (C=O) groups is 4. The molecule has 2 fully saturated rings. The number of amides is 3. The number of nitrogens with zero attached hydrogens (tertiary/aromatic N) is 3. The highest BCUT2D eigenvalue weighted by molar-refractivity contribution is 5.96. The van der Waals surface area contributed by atoms with Crippen LogP contribution in [0.3, 0.4) is 0 Å². The molecule has 2 aliphatic heterocycles.